The van der Waals surface area contributed by atoms with E-state index >= 15 is 0 Å². The maximum absolute atomic E-state index is 9.03. The number of rotatable bonds is 1. The molecule has 0 radical (unpaired) electrons. The van der Waals surface area contributed by atoms with Crippen molar-refractivity contribution in [1.29, 1.82) is 0 Å². The van der Waals surface area contributed by atoms with E-state index in [0.29, 0.717) is 0 Å². The highest BCUT2D eigenvalue weighted by atomic mass is 32.1. The fourth-order valence-electron chi connectivity index (χ4n) is 2.28. The Morgan fingerprint density at radius 2 is 2.53 bits per heavy atom. The van der Waals surface area contributed by atoms with Crippen molar-refractivity contribution >= 4 is 16.3 Å². The molecule has 1 atom stereocenters. The third-order valence-corrected chi connectivity index (χ3v) is 4.24. The predicted octanol–water partition coefficient (Wildman–Crippen LogP) is 2.01. The third kappa shape index (κ3) is 1.40. The Morgan fingerprint density at radius 3 is 3.33 bits per heavy atom. The molecule has 15 heavy (non-hydrogen) atoms. The van der Waals surface area contributed by atoms with Crippen molar-refractivity contribution in [3.05, 3.63) is 22.5 Å². The number of aryl methyl sites for hydroxylation is 1. The van der Waals surface area contributed by atoms with Gasteiger partial charge in [0.05, 0.1) is 12.3 Å². The van der Waals surface area contributed by atoms with Gasteiger partial charge in [0.15, 0.2) is 4.96 Å². The van der Waals surface area contributed by atoms with Gasteiger partial charge in [-0.2, -0.15) is 0 Å². The molecule has 2 heterocycles. The van der Waals surface area contributed by atoms with Crippen LogP contribution in [-0.2, 0) is 19.4 Å². The molecule has 0 aliphatic heterocycles. The molecule has 1 N–H and O–H groups in total. The molecule has 3 nitrogen and oxygen atoms in total. The van der Waals surface area contributed by atoms with Gasteiger partial charge >= 0.3 is 0 Å². The Morgan fingerprint density at radius 1 is 1.67 bits per heavy atom. The van der Waals surface area contributed by atoms with E-state index in [0.717, 1.165) is 23.0 Å². The third-order valence-electron chi connectivity index (χ3n) is 3.12. The van der Waals surface area contributed by atoms with Crippen molar-refractivity contribution in [3.8, 4) is 0 Å². The van der Waals surface area contributed by atoms with E-state index in [1.54, 1.807) is 11.3 Å². The van der Waals surface area contributed by atoms with Gasteiger partial charge in [-0.1, -0.05) is 6.92 Å². The molecule has 0 fully saturated rings. The fraction of sp³-hybridized carbons (Fsp3) is 0.545. The zero-order chi connectivity index (χ0) is 10.4. The van der Waals surface area contributed by atoms with E-state index in [4.69, 9.17) is 5.11 Å². The molecular formula is C11H14N2OS. The van der Waals surface area contributed by atoms with Gasteiger partial charge in [0.1, 0.15) is 0 Å². The van der Waals surface area contributed by atoms with Gasteiger partial charge in [0.25, 0.3) is 0 Å². The monoisotopic (exact) mass is 222 g/mol. The predicted molar refractivity (Wildman–Crippen MR) is 60.2 cm³/mol. The highest BCUT2D eigenvalue weighted by Crippen LogP contribution is 2.32. The lowest BCUT2D eigenvalue weighted by Gasteiger charge is -2.17. The summed E-state index contributed by atoms with van der Waals surface area (Å²) in [5.74, 6) is 0.804. The van der Waals surface area contributed by atoms with Crippen molar-refractivity contribution in [2.24, 2.45) is 5.92 Å². The molecule has 0 amide bonds. The van der Waals surface area contributed by atoms with E-state index in [1.165, 1.54) is 23.4 Å². The first kappa shape index (κ1) is 9.36. The van der Waals surface area contributed by atoms with Crippen LogP contribution in [0.5, 0.6) is 0 Å². The van der Waals surface area contributed by atoms with Crippen LogP contribution in [0.2, 0.25) is 0 Å². The Hall–Kier alpha value is -0.870. The van der Waals surface area contributed by atoms with Gasteiger partial charge in [0, 0.05) is 16.8 Å². The molecule has 2 aromatic heterocycles. The SMILES string of the molecule is CC1CCc2c(sc3nc(CO)cn23)C1. The highest BCUT2D eigenvalue weighted by Gasteiger charge is 2.21. The summed E-state index contributed by atoms with van der Waals surface area (Å²) in [5.41, 5.74) is 2.20. The smallest absolute Gasteiger partial charge is 0.194 e. The van der Waals surface area contributed by atoms with Crippen LogP contribution in [0.15, 0.2) is 6.20 Å². The van der Waals surface area contributed by atoms with Crippen LogP contribution in [0.3, 0.4) is 0 Å². The van der Waals surface area contributed by atoms with Crippen LogP contribution in [-0.4, -0.2) is 14.5 Å². The van der Waals surface area contributed by atoms with Gasteiger partial charge in [-0.3, -0.25) is 4.40 Å². The van der Waals surface area contributed by atoms with Gasteiger partial charge in [-0.25, -0.2) is 4.98 Å². The lowest BCUT2D eigenvalue weighted by Crippen LogP contribution is -2.10. The van der Waals surface area contributed by atoms with Gasteiger partial charge < -0.3 is 5.11 Å². The Balaban J connectivity index is 2.14. The van der Waals surface area contributed by atoms with Crippen LogP contribution >= 0.6 is 11.3 Å². The number of imidazole rings is 1. The molecule has 2 aromatic rings. The standard InChI is InChI=1S/C11H14N2OS/c1-7-2-3-9-10(4-7)15-11-12-8(6-14)5-13(9)11/h5,7,14H,2-4,6H2,1H3. The van der Waals surface area contributed by atoms with E-state index in [9.17, 15) is 0 Å². The first-order chi connectivity index (χ1) is 7.28. The second-order valence-electron chi connectivity index (χ2n) is 4.36. The molecule has 1 aliphatic rings. The molecule has 1 unspecified atom stereocenters. The summed E-state index contributed by atoms with van der Waals surface area (Å²) in [6, 6.07) is 0. The molecular weight excluding hydrogens is 208 g/mol. The minimum absolute atomic E-state index is 0.0412. The lowest BCUT2D eigenvalue weighted by atomic mass is 9.93. The Kier molecular flexibility index (Phi) is 2.07. The molecule has 0 aromatic carbocycles. The zero-order valence-corrected chi connectivity index (χ0v) is 9.55. The molecule has 1 aliphatic carbocycles. The molecule has 0 saturated carbocycles. The fourth-order valence-corrected chi connectivity index (χ4v) is 3.61. The maximum Gasteiger partial charge on any atom is 0.194 e. The van der Waals surface area contributed by atoms with Crippen LogP contribution in [0.25, 0.3) is 4.96 Å². The van der Waals surface area contributed by atoms with Crippen LogP contribution in [0.4, 0.5) is 0 Å². The number of aliphatic hydroxyl groups excluding tert-OH is 1. The normalized spacial score (nSPS) is 20.8. The maximum atomic E-state index is 9.03. The van der Waals surface area contributed by atoms with Crippen LogP contribution < -0.4 is 0 Å². The number of thiazole rings is 1. The number of hydrogen-bond acceptors (Lipinski definition) is 3. The first-order valence-corrected chi connectivity index (χ1v) is 6.19. The number of aliphatic hydroxyl groups is 1. The minimum Gasteiger partial charge on any atom is -0.390 e. The molecule has 3 rings (SSSR count). The van der Waals surface area contributed by atoms with Crippen molar-refractivity contribution < 1.29 is 5.11 Å². The van der Waals surface area contributed by atoms with Gasteiger partial charge in [-0.15, -0.1) is 11.3 Å². The summed E-state index contributed by atoms with van der Waals surface area (Å²) in [6.07, 6.45) is 5.58. The quantitative estimate of drug-likeness (QED) is 0.801. The molecule has 0 spiro atoms. The molecule has 0 saturated heterocycles. The highest BCUT2D eigenvalue weighted by molar-refractivity contribution is 7.17. The zero-order valence-electron chi connectivity index (χ0n) is 8.73. The summed E-state index contributed by atoms with van der Waals surface area (Å²) in [5, 5.41) is 9.03. The lowest BCUT2D eigenvalue weighted by molar-refractivity contribution is 0.277. The summed E-state index contributed by atoms with van der Waals surface area (Å²) in [4.78, 5) is 6.92. The van der Waals surface area contributed by atoms with E-state index in [1.807, 2.05) is 6.20 Å². The second-order valence-corrected chi connectivity index (χ2v) is 5.42. The number of fused-ring (bicyclic) bond motifs is 3. The number of nitrogens with zero attached hydrogens (tertiary/aromatic N) is 2. The molecule has 80 valence electrons. The van der Waals surface area contributed by atoms with Crippen LogP contribution in [0, 0.1) is 5.92 Å². The summed E-state index contributed by atoms with van der Waals surface area (Å²) in [7, 11) is 0. The van der Waals surface area contributed by atoms with Crippen LogP contribution in [0.1, 0.15) is 29.6 Å². The van der Waals surface area contributed by atoms with E-state index in [2.05, 4.69) is 16.3 Å². The second kappa shape index (κ2) is 3.32. The van der Waals surface area contributed by atoms with Crippen molar-refractivity contribution in [2.45, 2.75) is 32.8 Å². The van der Waals surface area contributed by atoms with E-state index in [-0.39, 0.29) is 6.61 Å². The Labute approximate surface area is 92.4 Å². The first-order valence-electron chi connectivity index (χ1n) is 5.37. The van der Waals surface area contributed by atoms with E-state index < -0.39 is 0 Å². The Bertz CT molecular complexity index is 500. The van der Waals surface area contributed by atoms with Gasteiger partial charge in [0.2, 0.25) is 0 Å². The minimum atomic E-state index is 0.0412. The number of hydrogen-bond donors (Lipinski definition) is 1. The number of aromatic nitrogens is 2. The average Bonchev–Trinajstić information content (AvgIpc) is 2.73. The van der Waals surface area contributed by atoms with Gasteiger partial charge in [-0.05, 0) is 25.2 Å². The average molecular weight is 222 g/mol. The molecule has 0 bridgehead atoms. The summed E-state index contributed by atoms with van der Waals surface area (Å²) in [6.45, 7) is 2.35. The summed E-state index contributed by atoms with van der Waals surface area (Å²) >= 11 is 1.78. The topological polar surface area (TPSA) is 37.5 Å². The van der Waals surface area contributed by atoms with Crippen molar-refractivity contribution in [1.82, 2.24) is 9.38 Å². The van der Waals surface area contributed by atoms with Crippen molar-refractivity contribution in [2.75, 3.05) is 0 Å². The largest absolute Gasteiger partial charge is 0.390 e. The van der Waals surface area contributed by atoms with Crippen molar-refractivity contribution in [3.63, 3.8) is 0 Å². The summed E-state index contributed by atoms with van der Waals surface area (Å²) < 4.78 is 2.16. The molecule has 4 heteroatoms.